The standard InChI is InChI=1S/C15H18FN3/c1-10-14(9-18-19(10)2)13-7-11(3-6-15(13)16)8-17-12-4-5-12/h3,6-7,9,12,17H,4-5,8H2,1-2H3. The number of hydrogen-bond donors (Lipinski definition) is 1. The minimum Gasteiger partial charge on any atom is -0.310 e. The first-order chi connectivity index (χ1) is 9.15. The van der Waals surface area contributed by atoms with E-state index < -0.39 is 0 Å². The van der Waals surface area contributed by atoms with Crippen molar-refractivity contribution < 1.29 is 4.39 Å². The van der Waals surface area contributed by atoms with E-state index in [0.29, 0.717) is 11.6 Å². The van der Waals surface area contributed by atoms with Gasteiger partial charge >= 0.3 is 0 Å². The molecular formula is C15H18FN3. The molecule has 3 nitrogen and oxygen atoms in total. The van der Waals surface area contributed by atoms with Gasteiger partial charge in [0.25, 0.3) is 0 Å². The molecule has 0 saturated heterocycles. The van der Waals surface area contributed by atoms with Crippen LogP contribution in [-0.4, -0.2) is 15.8 Å². The molecule has 0 spiro atoms. The van der Waals surface area contributed by atoms with E-state index in [1.807, 2.05) is 26.1 Å². The first-order valence-electron chi connectivity index (χ1n) is 6.66. The predicted octanol–water partition coefficient (Wildman–Crippen LogP) is 2.79. The summed E-state index contributed by atoms with van der Waals surface area (Å²) in [7, 11) is 1.87. The van der Waals surface area contributed by atoms with Gasteiger partial charge in [0, 0.05) is 36.5 Å². The summed E-state index contributed by atoms with van der Waals surface area (Å²) >= 11 is 0. The van der Waals surface area contributed by atoms with Gasteiger partial charge in [-0.1, -0.05) is 6.07 Å². The van der Waals surface area contributed by atoms with Crippen molar-refractivity contribution in [3.8, 4) is 11.1 Å². The zero-order valence-corrected chi connectivity index (χ0v) is 11.3. The van der Waals surface area contributed by atoms with E-state index in [2.05, 4.69) is 10.4 Å². The van der Waals surface area contributed by atoms with E-state index in [0.717, 1.165) is 23.4 Å². The highest BCUT2D eigenvalue weighted by Crippen LogP contribution is 2.27. The van der Waals surface area contributed by atoms with Crippen molar-refractivity contribution in [1.82, 2.24) is 15.1 Å². The molecule has 0 aliphatic heterocycles. The van der Waals surface area contributed by atoms with Gasteiger partial charge in [0.2, 0.25) is 0 Å². The highest BCUT2D eigenvalue weighted by atomic mass is 19.1. The van der Waals surface area contributed by atoms with E-state index in [-0.39, 0.29) is 5.82 Å². The fourth-order valence-electron chi connectivity index (χ4n) is 2.20. The summed E-state index contributed by atoms with van der Waals surface area (Å²) in [6.07, 6.45) is 4.25. The van der Waals surface area contributed by atoms with E-state index in [9.17, 15) is 4.39 Å². The average molecular weight is 259 g/mol. The van der Waals surface area contributed by atoms with Gasteiger partial charge in [0.1, 0.15) is 5.82 Å². The Morgan fingerprint density at radius 2 is 2.16 bits per heavy atom. The maximum Gasteiger partial charge on any atom is 0.131 e. The minimum absolute atomic E-state index is 0.189. The van der Waals surface area contributed by atoms with Gasteiger partial charge in [0.15, 0.2) is 0 Å². The molecule has 0 radical (unpaired) electrons. The Balaban J connectivity index is 1.90. The molecule has 19 heavy (non-hydrogen) atoms. The van der Waals surface area contributed by atoms with Crippen molar-refractivity contribution in [2.45, 2.75) is 32.4 Å². The molecule has 3 rings (SSSR count). The van der Waals surface area contributed by atoms with Crippen molar-refractivity contribution in [2.24, 2.45) is 7.05 Å². The Hall–Kier alpha value is -1.68. The van der Waals surface area contributed by atoms with Crippen LogP contribution in [0, 0.1) is 12.7 Å². The summed E-state index contributed by atoms with van der Waals surface area (Å²) in [5.41, 5.74) is 3.60. The van der Waals surface area contributed by atoms with E-state index in [1.165, 1.54) is 12.8 Å². The van der Waals surface area contributed by atoms with Gasteiger partial charge in [-0.05, 0) is 37.5 Å². The maximum absolute atomic E-state index is 14.0. The van der Waals surface area contributed by atoms with Crippen LogP contribution in [0.25, 0.3) is 11.1 Å². The van der Waals surface area contributed by atoms with Gasteiger partial charge in [-0.2, -0.15) is 5.10 Å². The molecule has 1 heterocycles. The molecule has 1 N–H and O–H groups in total. The normalized spacial score (nSPS) is 14.9. The number of aromatic nitrogens is 2. The maximum atomic E-state index is 14.0. The van der Waals surface area contributed by atoms with Crippen LogP contribution in [0.4, 0.5) is 4.39 Å². The van der Waals surface area contributed by atoms with E-state index in [4.69, 9.17) is 0 Å². The summed E-state index contributed by atoms with van der Waals surface area (Å²) in [6.45, 7) is 2.76. The highest BCUT2D eigenvalue weighted by molar-refractivity contribution is 5.66. The Morgan fingerprint density at radius 3 is 2.79 bits per heavy atom. The van der Waals surface area contributed by atoms with Crippen LogP contribution in [-0.2, 0) is 13.6 Å². The number of hydrogen-bond acceptors (Lipinski definition) is 2. The summed E-state index contributed by atoms with van der Waals surface area (Å²) < 4.78 is 15.8. The minimum atomic E-state index is -0.189. The topological polar surface area (TPSA) is 29.9 Å². The first-order valence-corrected chi connectivity index (χ1v) is 6.66. The van der Waals surface area contributed by atoms with Crippen molar-refractivity contribution in [3.05, 3.63) is 41.5 Å². The third-order valence-electron chi connectivity index (χ3n) is 3.73. The lowest BCUT2D eigenvalue weighted by atomic mass is 10.0. The molecule has 1 saturated carbocycles. The van der Waals surface area contributed by atoms with Crippen molar-refractivity contribution in [1.29, 1.82) is 0 Å². The van der Waals surface area contributed by atoms with Crippen LogP contribution in [0.3, 0.4) is 0 Å². The lowest BCUT2D eigenvalue weighted by Crippen LogP contribution is -2.15. The second kappa shape index (κ2) is 4.78. The second-order valence-electron chi connectivity index (χ2n) is 5.24. The smallest absolute Gasteiger partial charge is 0.131 e. The van der Waals surface area contributed by atoms with Gasteiger partial charge in [-0.3, -0.25) is 4.68 Å². The molecule has 1 aliphatic rings. The number of halogens is 1. The van der Waals surface area contributed by atoms with Crippen molar-refractivity contribution in [2.75, 3.05) is 0 Å². The summed E-state index contributed by atoms with van der Waals surface area (Å²) in [6, 6.07) is 5.98. The molecular weight excluding hydrogens is 241 g/mol. The molecule has 1 aliphatic carbocycles. The Kier molecular flexibility index (Phi) is 3.11. The lowest BCUT2D eigenvalue weighted by Gasteiger charge is -2.08. The zero-order chi connectivity index (χ0) is 13.4. The van der Waals surface area contributed by atoms with Crippen LogP contribution in [0.2, 0.25) is 0 Å². The Bertz CT molecular complexity index is 599. The van der Waals surface area contributed by atoms with E-state index in [1.54, 1.807) is 16.9 Å². The molecule has 0 bridgehead atoms. The fourth-order valence-corrected chi connectivity index (χ4v) is 2.20. The molecule has 100 valence electrons. The van der Waals surface area contributed by atoms with E-state index >= 15 is 0 Å². The van der Waals surface area contributed by atoms with Crippen molar-refractivity contribution >= 4 is 0 Å². The summed E-state index contributed by atoms with van der Waals surface area (Å²) in [4.78, 5) is 0. The Labute approximate surface area is 112 Å². The first kappa shape index (κ1) is 12.4. The Morgan fingerprint density at radius 1 is 1.37 bits per heavy atom. The number of nitrogens with zero attached hydrogens (tertiary/aromatic N) is 2. The quantitative estimate of drug-likeness (QED) is 0.915. The SMILES string of the molecule is Cc1c(-c2cc(CNC3CC3)ccc2F)cnn1C. The van der Waals surface area contributed by atoms with Gasteiger partial charge in [0.05, 0.1) is 6.20 Å². The zero-order valence-electron chi connectivity index (χ0n) is 11.3. The second-order valence-corrected chi connectivity index (χ2v) is 5.24. The third kappa shape index (κ3) is 2.54. The number of benzene rings is 1. The molecule has 1 aromatic heterocycles. The largest absolute Gasteiger partial charge is 0.310 e. The molecule has 0 amide bonds. The van der Waals surface area contributed by atoms with Crippen LogP contribution < -0.4 is 5.32 Å². The van der Waals surface area contributed by atoms with Crippen molar-refractivity contribution in [3.63, 3.8) is 0 Å². The number of rotatable bonds is 4. The molecule has 0 atom stereocenters. The van der Waals surface area contributed by atoms with Gasteiger partial charge < -0.3 is 5.32 Å². The molecule has 2 aromatic rings. The number of aryl methyl sites for hydroxylation is 1. The molecule has 0 unspecified atom stereocenters. The average Bonchev–Trinajstić information content (AvgIpc) is 3.17. The fraction of sp³-hybridized carbons (Fsp3) is 0.400. The van der Waals surface area contributed by atoms with Crippen LogP contribution in [0.1, 0.15) is 24.1 Å². The molecule has 1 aromatic carbocycles. The van der Waals surface area contributed by atoms with Crippen LogP contribution in [0.15, 0.2) is 24.4 Å². The molecule has 1 fully saturated rings. The highest BCUT2D eigenvalue weighted by Gasteiger charge is 2.20. The lowest BCUT2D eigenvalue weighted by molar-refractivity contribution is 0.628. The van der Waals surface area contributed by atoms with Crippen LogP contribution >= 0.6 is 0 Å². The molecule has 4 heteroatoms. The summed E-state index contributed by atoms with van der Waals surface area (Å²) in [5.74, 6) is -0.189. The summed E-state index contributed by atoms with van der Waals surface area (Å²) in [5, 5.41) is 7.63. The predicted molar refractivity (Wildman–Crippen MR) is 73.2 cm³/mol. The monoisotopic (exact) mass is 259 g/mol. The van der Waals surface area contributed by atoms with Gasteiger partial charge in [-0.25, -0.2) is 4.39 Å². The van der Waals surface area contributed by atoms with Crippen LogP contribution in [0.5, 0.6) is 0 Å². The number of nitrogens with one attached hydrogen (secondary N) is 1. The van der Waals surface area contributed by atoms with Gasteiger partial charge in [-0.15, -0.1) is 0 Å². The third-order valence-corrected chi connectivity index (χ3v) is 3.73.